The van der Waals surface area contributed by atoms with E-state index < -0.39 is 13.1 Å². The van der Waals surface area contributed by atoms with E-state index in [0.29, 0.717) is 73.1 Å². The molecule has 0 aliphatic carbocycles. The fourth-order valence-corrected chi connectivity index (χ4v) is 10.5. The first-order chi connectivity index (χ1) is 45.4. The summed E-state index contributed by atoms with van der Waals surface area (Å²) in [4.78, 5) is 70.6. The van der Waals surface area contributed by atoms with Crippen molar-refractivity contribution in [3.63, 3.8) is 0 Å². The molecule has 27 heteroatoms. The molecule has 2 aliphatic rings. The van der Waals surface area contributed by atoms with Crippen LogP contribution in [0.25, 0.3) is 59.8 Å². The van der Waals surface area contributed by atoms with E-state index in [0.717, 1.165) is 83.9 Å². The molecule has 6 aromatic carbocycles. The summed E-state index contributed by atoms with van der Waals surface area (Å²) in [6.07, 6.45) is 2.40. The molecule has 480 valence electrons. The Balaban J connectivity index is 0.000000159. The zero-order valence-corrected chi connectivity index (χ0v) is 52.9. The number of aryl methyl sites for hydroxylation is 4. The maximum Gasteiger partial charge on any atom is 0.306 e. The summed E-state index contributed by atoms with van der Waals surface area (Å²) in [5.41, 5.74) is 16.4. The molecule has 7 heterocycles. The predicted molar refractivity (Wildman–Crippen MR) is 353 cm³/mol. The average molecular weight is 1330 g/mol. The molecule has 2 aliphatic heterocycles. The summed E-state index contributed by atoms with van der Waals surface area (Å²) in [5, 5.41) is 62.4. The SMILES string of the molecule is Cc1[nH]nc2cc(-c3noc(C4CCN(C(=O)CNC(=O)c5ccccc5)CC4)n3)ccc12.Cc1[nH]nc2cc(/C(N)=N/O)ccc12.Cc1[nH]nc2cc(Br)ccc12.O=C(NCC(=O)N1CCC(C(=O)O)CC1)c1ccccc1.[2H]CF.[C-]#[N+]c1ccc2c(C)[nH]nc2c1. The second-order valence-electron chi connectivity index (χ2n) is 21.5. The molecule has 2 saturated heterocycles. The second kappa shape index (κ2) is 32.6. The van der Waals surface area contributed by atoms with Gasteiger partial charge in [-0.15, -0.1) is 0 Å². The molecule has 0 saturated carbocycles. The van der Waals surface area contributed by atoms with Gasteiger partial charge in [-0.3, -0.25) is 48.8 Å². The fourth-order valence-electron chi connectivity index (χ4n) is 10.2. The standard InChI is InChI=1S/C24H24N6O3.C15H18N2O4.C9H10N4O.C9H7N3.C8H7BrN2.CH3F/c1-15-19-8-7-18(13-20(19)28-27-15)22-26-24(33-29-22)17-9-11-30(12-10-17)21(31)14-25-23(32)16-5-3-2-4-6-16;18-13(17-8-6-12(7-9-17)15(20)21)10-16-14(19)11-4-2-1-3-5-11;1-5-7-3-2-6(9(10)13-14)4-8(7)12-11-5;1-6-8-4-3-7(10-2)5-9(8)12-11-6;1-5-7-3-2-6(9)4-8(7)11-10-5;1-2/h2-8,13,17H,9-12,14H2,1H3,(H,25,32)(H,27,28);1-5,12H,6-10H2,(H,16,19)(H,20,21);2-4,14H,1H3,(H2,10,13)(H,11,12);3-5H,1H3,(H,11,12);2-4H,1H3,(H,10,11);1H3/i;;;;;1D. The number of carbonyl (C=O) groups excluding carboxylic acids is 4. The number of rotatable bonds is 10. The smallest absolute Gasteiger partial charge is 0.306 e. The van der Waals surface area contributed by atoms with Crippen molar-refractivity contribution in [3.8, 4) is 11.4 Å². The molecule has 25 nitrogen and oxygen atoms in total. The van der Waals surface area contributed by atoms with Crippen molar-refractivity contribution in [3.05, 3.63) is 195 Å². The minimum Gasteiger partial charge on any atom is -0.481 e. The Bertz CT molecular complexity index is 4450. The van der Waals surface area contributed by atoms with Crippen LogP contribution in [0, 0.1) is 40.2 Å². The van der Waals surface area contributed by atoms with Crippen molar-refractivity contribution < 1.29 is 44.6 Å². The van der Waals surface area contributed by atoms with Gasteiger partial charge in [0.1, 0.15) is 0 Å². The lowest BCUT2D eigenvalue weighted by atomic mass is 9.96. The topological polar surface area (TPSA) is 353 Å². The number of alkyl halides is 1. The minimum atomic E-state index is -1.00. The highest BCUT2D eigenvalue weighted by Gasteiger charge is 2.29. The Morgan fingerprint density at radius 2 is 1.10 bits per heavy atom. The molecule has 0 bridgehead atoms. The molecule has 2 fully saturated rings. The molecule has 4 amide bonds. The number of oxime groups is 1. The first-order valence-electron chi connectivity index (χ1n) is 30.0. The van der Waals surface area contributed by atoms with Gasteiger partial charge in [0.15, 0.2) is 11.5 Å². The van der Waals surface area contributed by atoms with Crippen molar-refractivity contribution in [2.45, 2.75) is 59.3 Å². The number of amides is 4. The normalized spacial score (nSPS) is 13.3. The Morgan fingerprint density at radius 1 is 0.656 bits per heavy atom. The van der Waals surface area contributed by atoms with Gasteiger partial charge in [0.05, 0.1) is 56.2 Å². The van der Waals surface area contributed by atoms with Crippen molar-refractivity contribution in [2.24, 2.45) is 16.8 Å². The van der Waals surface area contributed by atoms with Crippen LogP contribution in [-0.2, 0) is 14.4 Å². The van der Waals surface area contributed by atoms with Gasteiger partial charge in [-0.05, 0) is 114 Å². The van der Waals surface area contributed by atoms with Crippen molar-refractivity contribution in [1.82, 2.24) is 71.4 Å². The number of aromatic nitrogens is 10. The number of benzene rings is 6. The van der Waals surface area contributed by atoms with Gasteiger partial charge in [-0.1, -0.05) is 99.0 Å². The van der Waals surface area contributed by atoms with Crippen LogP contribution in [0.15, 0.2) is 148 Å². The van der Waals surface area contributed by atoms with Gasteiger partial charge in [-0.25, -0.2) is 4.85 Å². The summed E-state index contributed by atoms with van der Waals surface area (Å²) >= 11 is 3.39. The van der Waals surface area contributed by atoms with E-state index in [-0.39, 0.29) is 54.4 Å². The molecular formula is C66H69BrFN17O8. The number of carbonyl (C=O) groups is 5. The highest BCUT2D eigenvalue weighted by molar-refractivity contribution is 9.10. The molecular weight excluding hydrogens is 1260 g/mol. The number of aromatic amines is 4. The Kier molecular flexibility index (Phi) is 23.2. The van der Waals surface area contributed by atoms with Crippen molar-refractivity contribution in [2.75, 3.05) is 46.4 Å². The molecule has 10 N–H and O–H groups in total. The molecule has 13 rings (SSSR count). The van der Waals surface area contributed by atoms with Crippen LogP contribution in [0.5, 0.6) is 0 Å². The zero-order valence-electron chi connectivity index (χ0n) is 52.3. The van der Waals surface area contributed by atoms with Gasteiger partial charge in [0.2, 0.25) is 23.5 Å². The van der Waals surface area contributed by atoms with Crippen molar-refractivity contribution >= 4 is 101 Å². The highest BCUT2D eigenvalue weighted by atomic mass is 79.9. The third kappa shape index (κ3) is 17.8. The predicted octanol–water partition coefficient (Wildman–Crippen LogP) is 10.4. The highest BCUT2D eigenvalue weighted by Crippen LogP contribution is 2.30. The van der Waals surface area contributed by atoms with Gasteiger partial charge in [-0.2, -0.15) is 25.4 Å². The molecule has 0 spiro atoms. The number of hydrogen-bond acceptors (Lipinski definition) is 14. The number of aliphatic carboxylic acids is 1. The van der Waals surface area contributed by atoms with E-state index in [4.69, 9.17) is 28.5 Å². The number of H-pyrrole nitrogens is 4. The summed E-state index contributed by atoms with van der Waals surface area (Å²) in [6.45, 7) is 16.7. The molecule has 0 atom stereocenters. The van der Waals surface area contributed by atoms with Crippen LogP contribution >= 0.6 is 15.9 Å². The van der Waals surface area contributed by atoms with E-state index >= 15 is 0 Å². The number of halogens is 2. The Labute approximate surface area is 542 Å². The van der Waals surface area contributed by atoms with E-state index in [1.807, 2.05) is 82.3 Å². The minimum absolute atomic E-state index is 0.0156. The number of nitrogens with two attached hydrogens (primary N) is 1. The largest absolute Gasteiger partial charge is 0.481 e. The number of fused-ring (bicyclic) bond motifs is 4. The fraction of sp³-hybridized carbons (Fsp3) is 0.258. The summed E-state index contributed by atoms with van der Waals surface area (Å²) in [7, 11) is -1.00. The summed E-state index contributed by atoms with van der Waals surface area (Å²) in [5.74, 6) is -0.660. The number of nitrogens with zero attached hydrogens (tertiary/aromatic N) is 10. The maximum absolute atomic E-state index is 12.5. The first-order valence-corrected chi connectivity index (χ1v) is 30.1. The maximum atomic E-state index is 12.5. The van der Waals surface area contributed by atoms with Crippen LogP contribution < -0.4 is 16.4 Å². The molecule has 93 heavy (non-hydrogen) atoms. The van der Waals surface area contributed by atoms with Crippen LogP contribution in [0.2, 0.25) is 0 Å². The lowest BCUT2D eigenvalue weighted by Gasteiger charge is -2.30. The number of hydrogen-bond donors (Lipinski definition) is 9. The monoisotopic (exact) mass is 1330 g/mol. The van der Waals surface area contributed by atoms with E-state index in [1.54, 1.807) is 82.6 Å². The van der Waals surface area contributed by atoms with E-state index in [2.05, 4.69) is 93.6 Å². The number of carboxylic acids is 1. The zero-order chi connectivity index (χ0) is 67.3. The van der Waals surface area contributed by atoms with Gasteiger partial charge < -0.3 is 41.0 Å². The van der Waals surface area contributed by atoms with E-state index in [1.165, 1.54) is 5.39 Å². The quantitative estimate of drug-likeness (QED) is 0.0202. The molecule has 5 aromatic heterocycles. The Hall–Kier alpha value is -11.1. The van der Waals surface area contributed by atoms with Gasteiger partial charge in [0.25, 0.3) is 11.8 Å². The summed E-state index contributed by atoms with van der Waals surface area (Å²) < 4.78 is 22.1. The number of likely N-dealkylation sites (tertiary alicyclic amines) is 2. The van der Waals surface area contributed by atoms with Crippen LogP contribution in [0.4, 0.5) is 10.1 Å². The first kappa shape index (κ1) is 66.3. The molecule has 0 unspecified atom stereocenters. The van der Waals surface area contributed by atoms with Gasteiger partial charge in [0, 0.05) is 103 Å². The van der Waals surface area contributed by atoms with E-state index in [9.17, 15) is 28.4 Å². The lowest BCUT2D eigenvalue weighted by Crippen LogP contribution is -2.45. The third-order valence-corrected chi connectivity index (χ3v) is 15.9. The van der Waals surface area contributed by atoms with Gasteiger partial charge >= 0.3 is 5.97 Å². The van der Waals surface area contributed by atoms with Crippen molar-refractivity contribution in [1.29, 1.82) is 0 Å². The van der Waals surface area contributed by atoms with Crippen LogP contribution in [0.3, 0.4) is 0 Å². The lowest BCUT2D eigenvalue weighted by molar-refractivity contribution is -0.145. The number of nitrogens with one attached hydrogen (secondary N) is 6. The van der Waals surface area contributed by atoms with Crippen LogP contribution in [-0.4, -0.2) is 153 Å². The number of piperidine rings is 2. The number of carboxylic acid groups (broad SMARTS) is 1. The second-order valence-corrected chi connectivity index (χ2v) is 22.4. The number of amidine groups is 1. The third-order valence-electron chi connectivity index (χ3n) is 15.4. The summed E-state index contributed by atoms with van der Waals surface area (Å²) in [6, 6.07) is 40.5. The molecule has 0 radical (unpaired) electrons. The molecule has 11 aromatic rings. The average Bonchev–Trinajstić information content (AvgIpc) is 1.69. The van der Waals surface area contributed by atoms with Crippen LogP contribution in [0.1, 0.15) is 87.9 Å². The Morgan fingerprint density at radius 3 is 1.58 bits per heavy atom.